The van der Waals surface area contributed by atoms with Crippen molar-refractivity contribution in [1.29, 1.82) is 0 Å². The van der Waals surface area contributed by atoms with Gasteiger partial charge in [0.25, 0.3) is 0 Å². The van der Waals surface area contributed by atoms with Crippen molar-refractivity contribution in [3.63, 3.8) is 0 Å². The molecule has 0 heterocycles. The number of rotatable bonds is 9. The molecule has 1 saturated carbocycles. The SMILES string of the molecule is CCCN(CC1CC1)C(=O)NCC(c1ccccc1OC)N(C)C. The molecule has 1 aliphatic carbocycles. The molecule has 5 nitrogen and oxygen atoms in total. The Morgan fingerprint density at radius 2 is 2.04 bits per heavy atom. The Bertz CT molecular complexity index is 529. The van der Waals surface area contributed by atoms with E-state index >= 15 is 0 Å². The van der Waals surface area contributed by atoms with Crippen LogP contribution in [0.5, 0.6) is 5.75 Å². The van der Waals surface area contributed by atoms with Crippen LogP contribution in [0.2, 0.25) is 0 Å². The van der Waals surface area contributed by atoms with Gasteiger partial charge < -0.3 is 19.9 Å². The van der Waals surface area contributed by atoms with Crippen molar-refractivity contribution >= 4 is 6.03 Å². The molecule has 1 unspecified atom stereocenters. The lowest BCUT2D eigenvalue weighted by atomic mass is 10.0. The summed E-state index contributed by atoms with van der Waals surface area (Å²) >= 11 is 0. The minimum absolute atomic E-state index is 0.0468. The highest BCUT2D eigenvalue weighted by atomic mass is 16.5. The highest BCUT2D eigenvalue weighted by Crippen LogP contribution is 2.30. The Morgan fingerprint density at radius 1 is 1.33 bits per heavy atom. The summed E-state index contributed by atoms with van der Waals surface area (Å²) in [5.74, 6) is 1.56. The van der Waals surface area contributed by atoms with Gasteiger partial charge in [0.15, 0.2) is 0 Å². The highest BCUT2D eigenvalue weighted by Gasteiger charge is 2.27. The van der Waals surface area contributed by atoms with Gasteiger partial charge in [0.1, 0.15) is 5.75 Å². The second kappa shape index (κ2) is 8.92. The maximum atomic E-state index is 12.6. The Hall–Kier alpha value is -1.75. The molecule has 0 aliphatic heterocycles. The van der Waals surface area contributed by atoms with Gasteiger partial charge in [-0.2, -0.15) is 0 Å². The van der Waals surface area contributed by atoms with Gasteiger partial charge in [0.05, 0.1) is 13.2 Å². The number of nitrogens with one attached hydrogen (secondary N) is 1. The average Bonchev–Trinajstić information content (AvgIpc) is 3.38. The maximum Gasteiger partial charge on any atom is 0.317 e. The van der Waals surface area contributed by atoms with E-state index < -0.39 is 0 Å². The van der Waals surface area contributed by atoms with Gasteiger partial charge in [-0.1, -0.05) is 25.1 Å². The Kier molecular flexibility index (Phi) is 6.91. The predicted octanol–water partition coefficient (Wildman–Crippen LogP) is 3.13. The smallest absolute Gasteiger partial charge is 0.317 e. The summed E-state index contributed by atoms with van der Waals surface area (Å²) in [4.78, 5) is 16.7. The molecule has 1 aromatic rings. The van der Waals surface area contributed by atoms with Crippen LogP contribution in [0.15, 0.2) is 24.3 Å². The van der Waals surface area contributed by atoms with E-state index in [1.807, 2.05) is 37.2 Å². The third-order valence-electron chi connectivity index (χ3n) is 4.52. The fraction of sp³-hybridized carbons (Fsp3) is 0.632. The third kappa shape index (κ3) is 5.13. The van der Waals surface area contributed by atoms with Crippen molar-refractivity contribution in [2.45, 2.75) is 32.2 Å². The summed E-state index contributed by atoms with van der Waals surface area (Å²) in [5.41, 5.74) is 1.09. The van der Waals surface area contributed by atoms with Gasteiger partial charge in [-0.05, 0) is 45.3 Å². The monoisotopic (exact) mass is 333 g/mol. The summed E-state index contributed by atoms with van der Waals surface area (Å²) in [7, 11) is 5.73. The fourth-order valence-corrected chi connectivity index (χ4v) is 2.97. The summed E-state index contributed by atoms with van der Waals surface area (Å²) < 4.78 is 5.48. The average molecular weight is 333 g/mol. The van der Waals surface area contributed by atoms with Gasteiger partial charge in [-0.25, -0.2) is 4.79 Å². The molecule has 0 aromatic heterocycles. The van der Waals surface area contributed by atoms with Crippen LogP contribution in [0.3, 0.4) is 0 Å². The maximum absolute atomic E-state index is 12.6. The van der Waals surface area contributed by atoms with Crippen molar-refractivity contribution in [1.82, 2.24) is 15.1 Å². The number of hydrogen-bond acceptors (Lipinski definition) is 3. The number of urea groups is 1. The molecule has 2 rings (SSSR count). The highest BCUT2D eigenvalue weighted by molar-refractivity contribution is 5.74. The predicted molar refractivity (Wildman–Crippen MR) is 97.4 cm³/mol. The molecule has 1 fully saturated rings. The van der Waals surface area contributed by atoms with E-state index in [-0.39, 0.29) is 12.1 Å². The van der Waals surface area contributed by atoms with Gasteiger partial charge >= 0.3 is 6.03 Å². The molecule has 0 radical (unpaired) electrons. The molecule has 0 bridgehead atoms. The number of hydrogen-bond donors (Lipinski definition) is 1. The number of amides is 2. The fourth-order valence-electron chi connectivity index (χ4n) is 2.97. The van der Waals surface area contributed by atoms with Crippen LogP contribution in [0.1, 0.15) is 37.8 Å². The van der Waals surface area contributed by atoms with Crippen LogP contribution in [-0.4, -0.2) is 56.7 Å². The molecule has 134 valence electrons. The number of benzene rings is 1. The number of ether oxygens (including phenoxy) is 1. The third-order valence-corrected chi connectivity index (χ3v) is 4.52. The molecular formula is C19H31N3O2. The molecule has 1 aliphatic rings. The molecular weight excluding hydrogens is 302 g/mol. The molecule has 1 atom stereocenters. The van der Waals surface area contributed by atoms with Gasteiger partial charge in [-0.15, -0.1) is 0 Å². The number of carbonyl (C=O) groups is 1. The van der Waals surface area contributed by atoms with E-state index in [4.69, 9.17) is 4.74 Å². The zero-order chi connectivity index (χ0) is 17.5. The molecule has 0 saturated heterocycles. The molecule has 5 heteroatoms. The number of carbonyl (C=O) groups excluding carboxylic acids is 1. The molecule has 2 amide bonds. The van der Waals surface area contributed by atoms with Crippen LogP contribution in [0.25, 0.3) is 0 Å². The number of likely N-dealkylation sites (N-methyl/N-ethyl adjacent to an activating group) is 1. The Balaban J connectivity index is 2.00. The van der Waals surface area contributed by atoms with Crippen LogP contribution in [0, 0.1) is 5.92 Å². The van der Waals surface area contributed by atoms with Crippen LogP contribution in [0.4, 0.5) is 4.79 Å². The lowest BCUT2D eigenvalue weighted by Crippen LogP contribution is -2.44. The van der Waals surface area contributed by atoms with E-state index in [0.717, 1.165) is 30.8 Å². The molecule has 1 aromatic carbocycles. The van der Waals surface area contributed by atoms with E-state index in [1.54, 1.807) is 7.11 Å². The second-order valence-electron chi connectivity index (χ2n) is 6.80. The largest absolute Gasteiger partial charge is 0.496 e. The second-order valence-corrected chi connectivity index (χ2v) is 6.80. The lowest BCUT2D eigenvalue weighted by Gasteiger charge is -2.28. The van der Waals surface area contributed by atoms with Crippen LogP contribution < -0.4 is 10.1 Å². The summed E-state index contributed by atoms with van der Waals surface area (Å²) in [6.45, 7) is 4.40. The minimum atomic E-state index is 0.0468. The first-order chi connectivity index (χ1) is 11.6. The first-order valence-corrected chi connectivity index (χ1v) is 8.88. The van der Waals surface area contributed by atoms with Crippen molar-refractivity contribution in [3.05, 3.63) is 29.8 Å². The van der Waals surface area contributed by atoms with E-state index in [2.05, 4.69) is 23.2 Å². The van der Waals surface area contributed by atoms with Crippen LogP contribution in [-0.2, 0) is 0 Å². The van der Waals surface area contributed by atoms with Gasteiger partial charge in [-0.3, -0.25) is 0 Å². The number of nitrogens with zero attached hydrogens (tertiary/aromatic N) is 2. The first kappa shape index (κ1) is 18.6. The quantitative estimate of drug-likeness (QED) is 0.755. The first-order valence-electron chi connectivity index (χ1n) is 8.88. The van der Waals surface area contributed by atoms with E-state index in [0.29, 0.717) is 12.5 Å². The topological polar surface area (TPSA) is 44.8 Å². The Morgan fingerprint density at radius 3 is 2.62 bits per heavy atom. The standard InChI is InChI=1S/C19H31N3O2/c1-5-12-22(14-15-10-11-15)19(23)20-13-17(21(2)3)16-8-6-7-9-18(16)24-4/h6-9,15,17H,5,10-14H2,1-4H3,(H,20,23). The lowest BCUT2D eigenvalue weighted by molar-refractivity contribution is 0.189. The summed E-state index contributed by atoms with van der Waals surface area (Å²) in [5, 5.41) is 3.12. The zero-order valence-electron chi connectivity index (χ0n) is 15.4. The minimum Gasteiger partial charge on any atom is -0.496 e. The van der Waals surface area contributed by atoms with E-state index in [9.17, 15) is 4.79 Å². The van der Waals surface area contributed by atoms with Crippen molar-refractivity contribution in [3.8, 4) is 5.75 Å². The number of para-hydroxylation sites is 1. The summed E-state index contributed by atoms with van der Waals surface area (Å²) in [6, 6.07) is 8.12. The van der Waals surface area contributed by atoms with Gasteiger partial charge in [0, 0.05) is 25.2 Å². The van der Waals surface area contributed by atoms with Crippen molar-refractivity contribution in [2.24, 2.45) is 5.92 Å². The van der Waals surface area contributed by atoms with E-state index in [1.165, 1.54) is 12.8 Å². The normalized spacial score (nSPS) is 15.2. The van der Waals surface area contributed by atoms with Crippen LogP contribution >= 0.6 is 0 Å². The molecule has 0 spiro atoms. The van der Waals surface area contributed by atoms with Gasteiger partial charge in [0.2, 0.25) is 0 Å². The zero-order valence-corrected chi connectivity index (χ0v) is 15.4. The molecule has 1 N–H and O–H groups in total. The number of methoxy groups -OCH3 is 1. The molecule has 24 heavy (non-hydrogen) atoms. The summed E-state index contributed by atoms with van der Waals surface area (Å²) in [6.07, 6.45) is 3.51. The van der Waals surface area contributed by atoms with Crippen molar-refractivity contribution in [2.75, 3.05) is 40.8 Å². The van der Waals surface area contributed by atoms with Crippen molar-refractivity contribution < 1.29 is 9.53 Å². The Labute approximate surface area is 146 Å².